The van der Waals surface area contributed by atoms with Gasteiger partial charge in [0.25, 0.3) is 0 Å². The Kier molecular flexibility index (Phi) is 80.3. The molecule has 0 bridgehead atoms. The molecule has 0 radical (unpaired) electrons. The van der Waals surface area contributed by atoms with E-state index in [0.29, 0.717) is 19.4 Å². The van der Waals surface area contributed by atoms with Gasteiger partial charge in [-0.25, -0.2) is 0 Å². The van der Waals surface area contributed by atoms with Gasteiger partial charge in [-0.05, 0) is 57.8 Å². The molecular formula is C86H167NO5. The Hall–Kier alpha value is -1.66. The maximum atomic E-state index is 12.6. The zero-order valence-electron chi connectivity index (χ0n) is 62.8. The second-order valence-corrected chi connectivity index (χ2v) is 29.5. The van der Waals surface area contributed by atoms with Gasteiger partial charge in [0, 0.05) is 12.8 Å². The Morgan fingerprint density at radius 1 is 0.293 bits per heavy atom. The Labute approximate surface area is 577 Å². The number of hydrogen-bond acceptors (Lipinski definition) is 5. The van der Waals surface area contributed by atoms with Crippen LogP contribution in [0.15, 0.2) is 24.3 Å². The van der Waals surface area contributed by atoms with Gasteiger partial charge in [-0.1, -0.05) is 443 Å². The number of aliphatic hydroxyl groups is 2. The van der Waals surface area contributed by atoms with E-state index in [1.54, 1.807) is 6.08 Å². The fourth-order valence-electron chi connectivity index (χ4n) is 13.8. The van der Waals surface area contributed by atoms with E-state index >= 15 is 0 Å². The second-order valence-electron chi connectivity index (χ2n) is 29.5. The summed E-state index contributed by atoms with van der Waals surface area (Å²) in [6.45, 7) is 4.97. The van der Waals surface area contributed by atoms with Crippen molar-refractivity contribution in [2.75, 3.05) is 13.2 Å². The summed E-state index contributed by atoms with van der Waals surface area (Å²) in [5.41, 5.74) is 0. The lowest BCUT2D eigenvalue weighted by atomic mass is 10.0. The summed E-state index contributed by atoms with van der Waals surface area (Å²) in [5, 5.41) is 23.3. The number of hydrogen-bond donors (Lipinski definition) is 3. The third kappa shape index (κ3) is 77.3. The van der Waals surface area contributed by atoms with Crippen LogP contribution in [0.3, 0.4) is 0 Å². The first-order valence-electron chi connectivity index (χ1n) is 42.6. The molecule has 3 N–H and O–H groups in total. The Bertz CT molecular complexity index is 1450. The van der Waals surface area contributed by atoms with Crippen molar-refractivity contribution in [1.82, 2.24) is 5.32 Å². The lowest BCUT2D eigenvalue weighted by Crippen LogP contribution is -2.45. The minimum atomic E-state index is -0.844. The molecule has 0 rings (SSSR count). The summed E-state index contributed by atoms with van der Waals surface area (Å²) in [5.74, 6) is -0.0356. The number of allylic oxidation sites excluding steroid dienone is 3. The van der Waals surface area contributed by atoms with Crippen LogP contribution in [-0.2, 0) is 14.3 Å². The number of aliphatic hydroxyl groups excluding tert-OH is 2. The summed E-state index contributed by atoms with van der Waals surface area (Å²) >= 11 is 0. The number of unbranched alkanes of at least 4 members (excludes halogenated alkanes) is 68. The topological polar surface area (TPSA) is 95.9 Å². The average Bonchev–Trinajstić information content (AvgIpc) is 3.51. The normalized spacial score (nSPS) is 12.5. The van der Waals surface area contributed by atoms with Crippen molar-refractivity contribution >= 4 is 11.9 Å². The molecule has 546 valence electrons. The van der Waals surface area contributed by atoms with Crippen molar-refractivity contribution in [3.05, 3.63) is 24.3 Å². The second kappa shape index (κ2) is 81.8. The third-order valence-electron chi connectivity index (χ3n) is 20.2. The van der Waals surface area contributed by atoms with Gasteiger partial charge in [-0.2, -0.15) is 0 Å². The first-order valence-corrected chi connectivity index (χ1v) is 42.6. The fraction of sp³-hybridized carbons (Fsp3) is 0.930. The van der Waals surface area contributed by atoms with E-state index < -0.39 is 12.1 Å². The number of nitrogens with one attached hydrogen (secondary N) is 1. The minimum Gasteiger partial charge on any atom is -0.466 e. The quantitative estimate of drug-likeness (QED) is 0.0320. The smallest absolute Gasteiger partial charge is 0.305 e. The number of esters is 1. The van der Waals surface area contributed by atoms with Crippen LogP contribution in [0.1, 0.15) is 489 Å². The van der Waals surface area contributed by atoms with Crippen LogP contribution >= 0.6 is 0 Å². The van der Waals surface area contributed by atoms with Gasteiger partial charge < -0.3 is 20.3 Å². The first kappa shape index (κ1) is 90.3. The van der Waals surface area contributed by atoms with Crippen molar-refractivity contribution in [3.8, 4) is 0 Å². The van der Waals surface area contributed by atoms with E-state index in [1.165, 1.54) is 424 Å². The lowest BCUT2D eigenvalue weighted by Gasteiger charge is -2.20. The molecule has 6 heteroatoms. The number of carbonyl (C=O) groups excluding carboxylic acids is 2. The maximum Gasteiger partial charge on any atom is 0.305 e. The predicted molar refractivity (Wildman–Crippen MR) is 407 cm³/mol. The van der Waals surface area contributed by atoms with Crippen LogP contribution in [0.25, 0.3) is 0 Å². The summed E-state index contributed by atoms with van der Waals surface area (Å²) in [4.78, 5) is 24.7. The molecule has 6 nitrogen and oxygen atoms in total. The van der Waals surface area contributed by atoms with Crippen LogP contribution in [-0.4, -0.2) is 47.4 Å². The molecule has 0 aliphatic carbocycles. The highest BCUT2D eigenvalue weighted by Gasteiger charge is 2.18. The molecule has 0 saturated heterocycles. The van der Waals surface area contributed by atoms with Gasteiger partial charge in [0.2, 0.25) is 5.91 Å². The molecule has 2 unspecified atom stereocenters. The number of rotatable bonds is 81. The van der Waals surface area contributed by atoms with Crippen LogP contribution in [0.2, 0.25) is 0 Å². The molecular weight excluding hydrogens is 1130 g/mol. The van der Waals surface area contributed by atoms with Gasteiger partial charge in [0.05, 0.1) is 25.4 Å². The Morgan fingerprint density at radius 2 is 0.511 bits per heavy atom. The van der Waals surface area contributed by atoms with Crippen LogP contribution in [0.4, 0.5) is 0 Å². The van der Waals surface area contributed by atoms with E-state index in [1.807, 2.05) is 6.08 Å². The predicted octanol–water partition coefficient (Wildman–Crippen LogP) is 28.4. The van der Waals surface area contributed by atoms with Gasteiger partial charge >= 0.3 is 5.97 Å². The molecule has 0 aliphatic rings. The molecule has 92 heavy (non-hydrogen) atoms. The van der Waals surface area contributed by atoms with Crippen molar-refractivity contribution in [3.63, 3.8) is 0 Å². The van der Waals surface area contributed by atoms with Crippen molar-refractivity contribution in [2.24, 2.45) is 0 Å². The number of carbonyl (C=O) groups is 2. The highest BCUT2D eigenvalue weighted by Crippen LogP contribution is 2.21. The maximum absolute atomic E-state index is 12.6. The highest BCUT2D eigenvalue weighted by molar-refractivity contribution is 5.76. The zero-order chi connectivity index (χ0) is 66.3. The molecule has 0 fully saturated rings. The summed E-state index contributed by atoms with van der Waals surface area (Å²) in [7, 11) is 0. The Balaban J connectivity index is 3.36. The van der Waals surface area contributed by atoms with Gasteiger partial charge in [-0.15, -0.1) is 0 Å². The van der Waals surface area contributed by atoms with E-state index in [0.717, 1.165) is 38.5 Å². The SMILES string of the molecule is CCCCCCCCCCCCCCCCCCCCCCCC/C=C/C(O)C(CO)NC(=O)CCCCCCCCCCCCCCCCCC/C=C\CCCCCCCCCCCCCCOC(=O)CCCCCCCCCCCCCCCCCCCCC. The number of ether oxygens (including phenoxy) is 1. The monoisotopic (exact) mass is 1290 g/mol. The van der Waals surface area contributed by atoms with Gasteiger partial charge in [0.15, 0.2) is 0 Å². The molecule has 0 aliphatic heterocycles. The fourth-order valence-corrected chi connectivity index (χ4v) is 13.8. The molecule has 0 aromatic rings. The lowest BCUT2D eigenvalue weighted by molar-refractivity contribution is -0.143. The van der Waals surface area contributed by atoms with Crippen molar-refractivity contribution in [1.29, 1.82) is 0 Å². The largest absolute Gasteiger partial charge is 0.466 e. The Morgan fingerprint density at radius 3 is 0.772 bits per heavy atom. The zero-order valence-corrected chi connectivity index (χ0v) is 62.8. The van der Waals surface area contributed by atoms with E-state index in [-0.39, 0.29) is 18.5 Å². The summed E-state index contributed by atoms with van der Waals surface area (Å²) in [6.07, 6.45) is 106. The average molecular weight is 1300 g/mol. The molecule has 0 saturated carbocycles. The van der Waals surface area contributed by atoms with Gasteiger partial charge in [0.1, 0.15) is 0 Å². The van der Waals surface area contributed by atoms with Crippen LogP contribution in [0, 0.1) is 0 Å². The molecule has 0 aromatic carbocycles. The van der Waals surface area contributed by atoms with E-state index in [9.17, 15) is 19.8 Å². The summed E-state index contributed by atoms with van der Waals surface area (Å²) in [6, 6.07) is -0.627. The first-order chi connectivity index (χ1) is 45.5. The number of amides is 1. The molecule has 0 heterocycles. The minimum absolute atomic E-state index is 0.0241. The molecule has 1 amide bonds. The third-order valence-corrected chi connectivity index (χ3v) is 20.2. The molecule has 2 atom stereocenters. The highest BCUT2D eigenvalue weighted by atomic mass is 16.5. The van der Waals surface area contributed by atoms with E-state index in [2.05, 4.69) is 31.3 Å². The van der Waals surface area contributed by atoms with Crippen LogP contribution < -0.4 is 5.32 Å². The summed E-state index contributed by atoms with van der Waals surface area (Å²) < 4.78 is 5.52. The van der Waals surface area contributed by atoms with Crippen molar-refractivity contribution < 1.29 is 24.5 Å². The van der Waals surface area contributed by atoms with Crippen LogP contribution in [0.5, 0.6) is 0 Å². The van der Waals surface area contributed by atoms with Crippen molar-refractivity contribution in [2.45, 2.75) is 501 Å². The van der Waals surface area contributed by atoms with Gasteiger partial charge in [-0.3, -0.25) is 9.59 Å². The van der Waals surface area contributed by atoms with E-state index in [4.69, 9.17) is 4.74 Å². The molecule has 0 aromatic heterocycles. The standard InChI is InChI=1S/C86H167NO5/c1-3-5-7-9-11-13-15-17-19-21-23-24-25-36-39-43-46-50-54-58-62-66-70-74-78-84(89)83(82-88)87-85(90)79-75-71-67-63-59-55-51-47-44-40-37-34-32-30-28-26-27-29-31-33-35-38-41-45-49-53-57-61-65-69-73-77-81-92-86(91)80-76-72-68-64-60-56-52-48-42-22-20-18-16-14-12-10-8-6-4-2/h29,31,74,78,83-84,88-89H,3-28,30,32-73,75-77,79-82H2,1-2H3,(H,87,90)/b31-29-,78-74+. The molecule has 0 spiro atoms.